The van der Waals surface area contributed by atoms with Gasteiger partial charge in [-0.1, -0.05) is 37.3 Å². The molecule has 4 rings (SSSR count). The molecule has 1 atom stereocenters. The quantitative estimate of drug-likeness (QED) is 0.399. The highest BCUT2D eigenvalue weighted by molar-refractivity contribution is 5.82. The molecule has 0 aliphatic heterocycles. The van der Waals surface area contributed by atoms with Gasteiger partial charge < -0.3 is 16.8 Å². The Morgan fingerprint density at radius 2 is 1.79 bits per heavy atom. The third-order valence-electron chi connectivity index (χ3n) is 5.56. The zero-order valence-corrected chi connectivity index (χ0v) is 18.6. The Morgan fingerprint density at radius 3 is 2.48 bits per heavy atom. The molecule has 5 N–H and O–H groups in total. The van der Waals surface area contributed by atoms with E-state index >= 15 is 0 Å². The molecule has 0 spiro atoms. The van der Waals surface area contributed by atoms with Crippen LogP contribution in [0.1, 0.15) is 36.3 Å². The first-order chi connectivity index (χ1) is 15.8. The number of benzene rings is 2. The largest absolute Gasteiger partial charge is 0.392 e. The van der Waals surface area contributed by atoms with Gasteiger partial charge >= 0.3 is 0 Å². The first-order valence-corrected chi connectivity index (χ1v) is 10.5. The zero-order valence-electron chi connectivity index (χ0n) is 18.6. The van der Waals surface area contributed by atoms with E-state index in [9.17, 15) is 4.79 Å². The molecule has 9 nitrogen and oxygen atoms in total. The van der Waals surface area contributed by atoms with Crippen LogP contribution < -0.4 is 22.3 Å². The van der Waals surface area contributed by atoms with Crippen LogP contribution in [0, 0.1) is 20.4 Å². The highest BCUT2D eigenvalue weighted by Crippen LogP contribution is 2.33. The van der Waals surface area contributed by atoms with Crippen LogP contribution in [0.3, 0.4) is 0 Å². The monoisotopic (exact) mass is 440 g/mol. The number of fused-ring (bicyclic) bond motifs is 1. The number of aromatic nitrogens is 4. The van der Waals surface area contributed by atoms with Crippen LogP contribution in [-0.4, -0.2) is 19.5 Å². The Balaban J connectivity index is 2.00. The normalized spacial score (nSPS) is 11.8. The van der Waals surface area contributed by atoms with Crippen molar-refractivity contribution in [2.75, 3.05) is 16.8 Å². The summed E-state index contributed by atoms with van der Waals surface area (Å²) in [7, 11) is 0. The van der Waals surface area contributed by atoms with Crippen LogP contribution in [0.25, 0.3) is 21.4 Å². The highest BCUT2D eigenvalue weighted by Gasteiger charge is 2.23. The van der Waals surface area contributed by atoms with Gasteiger partial charge in [0.1, 0.15) is 17.5 Å². The molecule has 0 bridgehead atoms. The van der Waals surface area contributed by atoms with E-state index in [0.29, 0.717) is 23.1 Å². The number of hydrogen-bond donors (Lipinski definition) is 3. The van der Waals surface area contributed by atoms with E-state index in [1.807, 2.05) is 63.2 Å². The van der Waals surface area contributed by atoms with Crippen LogP contribution >= 0.6 is 0 Å². The highest BCUT2D eigenvalue weighted by atomic mass is 16.1. The molecule has 2 aromatic heterocycles. The summed E-state index contributed by atoms with van der Waals surface area (Å²) in [5.74, 6) is 0.655. The Morgan fingerprint density at radius 1 is 1.06 bits per heavy atom. The van der Waals surface area contributed by atoms with E-state index in [1.165, 1.54) is 0 Å². The summed E-state index contributed by atoms with van der Waals surface area (Å²) in [6, 6.07) is 12.8. The molecule has 2 heterocycles. The van der Waals surface area contributed by atoms with Crippen LogP contribution in [-0.2, 0) is 0 Å². The van der Waals surface area contributed by atoms with E-state index in [0.717, 1.165) is 16.8 Å². The molecular weight excluding hydrogens is 416 g/mol. The van der Waals surface area contributed by atoms with Gasteiger partial charge in [0, 0.05) is 0 Å². The third-order valence-corrected chi connectivity index (χ3v) is 5.56. The smallest absolute Gasteiger partial charge is 0.268 e. The SMILES string of the molecule is [C-]#[N+]c1c(N)nc(N)nc1N[C@@H](CC)c1nc2cccc(C)c2c(=O)n1-c1ccccc1C. The maximum Gasteiger partial charge on any atom is 0.268 e. The van der Waals surface area contributed by atoms with Crippen LogP contribution in [0.5, 0.6) is 0 Å². The van der Waals surface area contributed by atoms with Crippen molar-refractivity contribution in [2.45, 2.75) is 33.2 Å². The average Bonchev–Trinajstić information content (AvgIpc) is 2.78. The number of hydrogen-bond acceptors (Lipinski definition) is 7. The maximum atomic E-state index is 13.8. The van der Waals surface area contributed by atoms with Gasteiger partial charge in [-0.15, -0.1) is 0 Å². The molecular formula is C24H24N8O. The second-order valence-corrected chi connectivity index (χ2v) is 7.75. The number of rotatable bonds is 5. The van der Waals surface area contributed by atoms with Crippen molar-refractivity contribution in [2.24, 2.45) is 0 Å². The summed E-state index contributed by atoms with van der Waals surface area (Å²) >= 11 is 0. The number of nitrogen functional groups attached to an aromatic ring is 2. The molecule has 33 heavy (non-hydrogen) atoms. The Labute approximate surface area is 190 Å². The second-order valence-electron chi connectivity index (χ2n) is 7.75. The Kier molecular flexibility index (Phi) is 5.67. The molecule has 0 fully saturated rings. The van der Waals surface area contributed by atoms with Crippen molar-refractivity contribution in [1.29, 1.82) is 0 Å². The lowest BCUT2D eigenvalue weighted by Crippen LogP contribution is -2.29. The molecule has 0 saturated heterocycles. The first-order valence-electron chi connectivity index (χ1n) is 10.5. The standard InChI is InChI=1S/C24H24N8O/c1-5-15(28-21-19(27-4)20(25)30-24(26)31-21)22-29-16-11-8-10-14(3)18(16)23(33)32(22)17-12-7-6-9-13(17)2/h6-12,15H,5H2,1-3H3,(H5,25,26,28,30,31)/t15-/m0/s1. The van der Waals surface area contributed by atoms with Crippen molar-refractivity contribution < 1.29 is 0 Å². The van der Waals surface area contributed by atoms with Gasteiger partial charge in [0.15, 0.2) is 0 Å². The summed E-state index contributed by atoms with van der Waals surface area (Å²) in [6.07, 6.45) is 0.552. The minimum absolute atomic E-state index is 0.00626. The van der Waals surface area contributed by atoms with Crippen molar-refractivity contribution in [3.05, 3.63) is 81.2 Å². The van der Waals surface area contributed by atoms with E-state index in [-0.39, 0.29) is 28.8 Å². The van der Waals surface area contributed by atoms with Gasteiger partial charge in [-0.3, -0.25) is 9.36 Å². The van der Waals surface area contributed by atoms with Crippen LogP contribution in [0.4, 0.5) is 23.3 Å². The summed E-state index contributed by atoms with van der Waals surface area (Å²) in [5.41, 5.74) is 14.7. The fraction of sp³-hybridized carbons (Fsp3) is 0.208. The summed E-state index contributed by atoms with van der Waals surface area (Å²) in [4.78, 5) is 30.2. The number of para-hydroxylation sites is 1. The Bertz CT molecular complexity index is 1470. The molecule has 0 aliphatic carbocycles. The topological polar surface area (TPSA) is 129 Å². The predicted octanol–water partition coefficient (Wildman–Crippen LogP) is 4.07. The van der Waals surface area contributed by atoms with E-state index in [2.05, 4.69) is 20.1 Å². The Hall–Kier alpha value is -4.45. The van der Waals surface area contributed by atoms with Crippen LogP contribution in [0.2, 0.25) is 0 Å². The van der Waals surface area contributed by atoms with E-state index in [4.69, 9.17) is 23.0 Å². The molecule has 0 aliphatic rings. The second kappa shape index (κ2) is 8.59. The van der Waals surface area contributed by atoms with Gasteiger partial charge in [0.05, 0.1) is 29.2 Å². The zero-order chi connectivity index (χ0) is 23.7. The van der Waals surface area contributed by atoms with Gasteiger partial charge in [0.25, 0.3) is 11.2 Å². The number of anilines is 3. The van der Waals surface area contributed by atoms with Gasteiger partial charge in [-0.2, -0.15) is 0 Å². The lowest BCUT2D eigenvalue weighted by atomic mass is 10.1. The maximum absolute atomic E-state index is 13.8. The lowest BCUT2D eigenvalue weighted by Gasteiger charge is -2.24. The van der Waals surface area contributed by atoms with Crippen molar-refractivity contribution >= 4 is 34.2 Å². The fourth-order valence-corrected chi connectivity index (χ4v) is 3.91. The summed E-state index contributed by atoms with van der Waals surface area (Å²) in [6.45, 7) is 13.3. The molecule has 0 saturated carbocycles. The van der Waals surface area contributed by atoms with Crippen molar-refractivity contribution in [3.63, 3.8) is 0 Å². The third kappa shape index (κ3) is 3.83. The van der Waals surface area contributed by atoms with Crippen molar-refractivity contribution in [3.8, 4) is 5.69 Å². The summed E-state index contributed by atoms with van der Waals surface area (Å²) in [5, 5.41) is 3.80. The molecule has 2 aromatic carbocycles. The summed E-state index contributed by atoms with van der Waals surface area (Å²) < 4.78 is 1.64. The van der Waals surface area contributed by atoms with Gasteiger partial charge in [-0.25, -0.2) is 19.8 Å². The molecule has 4 aromatic rings. The molecule has 9 heteroatoms. The van der Waals surface area contributed by atoms with Gasteiger partial charge in [-0.05, 0) is 43.5 Å². The molecule has 0 radical (unpaired) electrons. The molecule has 166 valence electrons. The minimum atomic E-state index is -0.462. The van der Waals surface area contributed by atoms with Gasteiger partial charge in [0.2, 0.25) is 5.95 Å². The van der Waals surface area contributed by atoms with Crippen molar-refractivity contribution in [1.82, 2.24) is 19.5 Å². The average molecular weight is 441 g/mol. The lowest BCUT2D eigenvalue weighted by molar-refractivity contribution is 0.658. The number of nitrogens with two attached hydrogens (primary N) is 2. The van der Waals surface area contributed by atoms with E-state index < -0.39 is 6.04 Å². The molecule has 0 unspecified atom stereocenters. The number of aryl methyl sites for hydroxylation is 2. The van der Waals surface area contributed by atoms with Crippen LogP contribution in [0.15, 0.2) is 47.3 Å². The minimum Gasteiger partial charge on any atom is -0.392 e. The first kappa shape index (κ1) is 21.8. The fourth-order valence-electron chi connectivity index (χ4n) is 3.91. The molecule has 0 amide bonds. The van der Waals surface area contributed by atoms with E-state index in [1.54, 1.807) is 4.57 Å². The predicted molar refractivity (Wildman–Crippen MR) is 131 cm³/mol. The number of nitrogens with zero attached hydrogens (tertiary/aromatic N) is 5. The number of nitrogens with one attached hydrogen (secondary N) is 1.